The number of benzene rings is 5. The van der Waals surface area contributed by atoms with Gasteiger partial charge in [0.2, 0.25) is 0 Å². The standard InChI is InChI=1S/C45H40BN6O.Pt/c1-27-16-13-17-28(2)38(27)46-49(7)34-24-12-11-20-32(34)41-47-36(26-50(41)46)51(29-18-9-8-10-19-29)43-40-45(5,6)44(3,4)33-23-14-22-31-30-21-15-25-35(53)37(30)42(48-43)52(40)39(31)33;/h8-19,21-26,53H,1-7H3;/q-1;. The van der Waals surface area contributed by atoms with Crippen LogP contribution in [0.3, 0.4) is 0 Å². The summed E-state index contributed by atoms with van der Waals surface area (Å²) < 4.78 is 4.64. The first-order chi connectivity index (χ1) is 25.5. The zero-order valence-corrected chi connectivity index (χ0v) is 33.7. The second kappa shape index (κ2) is 11.8. The minimum Gasteiger partial charge on any atom is -0.507 e. The summed E-state index contributed by atoms with van der Waals surface area (Å²) in [6.07, 6.45) is 2.19. The molecule has 5 aromatic carbocycles. The number of phenols is 1. The first-order valence-electron chi connectivity index (χ1n) is 18.3. The number of phenolic OH excluding ortho intramolecular Hbond substituents is 1. The van der Waals surface area contributed by atoms with E-state index in [-0.39, 0.29) is 39.2 Å². The van der Waals surface area contributed by atoms with E-state index in [0.29, 0.717) is 0 Å². The van der Waals surface area contributed by atoms with Crippen molar-refractivity contribution in [1.29, 1.82) is 0 Å². The van der Waals surface area contributed by atoms with E-state index in [9.17, 15) is 5.11 Å². The largest absolute Gasteiger partial charge is 0.507 e. The molecule has 9 heteroatoms. The van der Waals surface area contributed by atoms with Crippen LogP contribution in [0, 0.1) is 19.9 Å². The zero-order valence-electron chi connectivity index (χ0n) is 31.4. The van der Waals surface area contributed by atoms with Gasteiger partial charge in [0.1, 0.15) is 11.6 Å². The van der Waals surface area contributed by atoms with Gasteiger partial charge in [0.15, 0.2) is 11.5 Å². The van der Waals surface area contributed by atoms with Crippen molar-refractivity contribution in [2.24, 2.45) is 0 Å². The van der Waals surface area contributed by atoms with Crippen molar-refractivity contribution in [3.8, 4) is 17.1 Å². The monoisotopic (exact) mass is 886 g/mol. The van der Waals surface area contributed by atoms with E-state index >= 15 is 0 Å². The number of hydrogen-bond donors (Lipinski definition) is 1. The number of aromatic hydroxyl groups is 1. The number of aryl methyl sites for hydroxylation is 2. The second-order valence-corrected chi connectivity index (χ2v) is 15.8. The van der Waals surface area contributed by atoms with Crippen LogP contribution in [-0.4, -0.2) is 38.0 Å². The van der Waals surface area contributed by atoms with Crippen LogP contribution in [0.25, 0.3) is 38.7 Å². The van der Waals surface area contributed by atoms with E-state index in [4.69, 9.17) is 9.97 Å². The smallest absolute Gasteiger partial charge is 0.399 e. The molecule has 1 N–H and O–H groups in total. The molecule has 5 heterocycles. The maximum Gasteiger partial charge on any atom is 0.399 e. The molecule has 0 radical (unpaired) electrons. The minimum atomic E-state index is -0.394. The van der Waals surface area contributed by atoms with Gasteiger partial charge in [0, 0.05) is 55.0 Å². The van der Waals surface area contributed by atoms with E-state index in [1.165, 1.54) is 22.2 Å². The molecular weight excluding hydrogens is 846 g/mol. The van der Waals surface area contributed by atoms with Crippen LogP contribution in [-0.2, 0) is 31.9 Å². The molecule has 7 nitrogen and oxygen atoms in total. The average molecular weight is 887 g/mol. The number of aromatic nitrogens is 4. The van der Waals surface area contributed by atoms with E-state index in [0.717, 1.165) is 67.4 Å². The van der Waals surface area contributed by atoms with Crippen molar-refractivity contribution in [2.75, 3.05) is 16.8 Å². The summed E-state index contributed by atoms with van der Waals surface area (Å²) in [4.78, 5) is 15.7. The summed E-state index contributed by atoms with van der Waals surface area (Å²) in [5, 5.41) is 14.4. The number of hydrogen-bond acceptors (Lipinski definition) is 5. The Labute approximate surface area is 330 Å². The van der Waals surface area contributed by atoms with Crippen molar-refractivity contribution in [2.45, 2.75) is 52.4 Å². The van der Waals surface area contributed by atoms with E-state index in [1.807, 2.05) is 18.2 Å². The molecule has 0 saturated carbocycles. The van der Waals surface area contributed by atoms with Gasteiger partial charge in [-0.25, -0.2) is 4.98 Å². The summed E-state index contributed by atoms with van der Waals surface area (Å²) >= 11 is 0. The fourth-order valence-electron chi connectivity index (χ4n) is 9.23. The van der Waals surface area contributed by atoms with Crippen LogP contribution in [0.4, 0.5) is 23.0 Å². The summed E-state index contributed by atoms with van der Waals surface area (Å²) in [6.45, 7) is 13.6. The number of fused-ring (bicyclic) bond motifs is 6. The first-order valence-corrected chi connectivity index (χ1v) is 18.3. The number of anilines is 4. The Bertz CT molecular complexity index is 2800. The molecule has 0 spiro atoms. The van der Waals surface area contributed by atoms with Crippen molar-refractivity contribution in [3.63, 3.8) is 0 Å². The van der Waals surface area contributed by atoms with Gasteiger partial charge in [-0.15, -0.1) is 24.3 Å². The van der Waals surface area contributed by atoms with Crippen molar-refractivity contribution in [3.05, 3.63) is 138 Å². The molecule has 0 aliphatic carbocycles. The SMILES string of the molecule is Cc1cccc(C)c1B1N(C)c2ccc[c-]c2-c2nc(N(c3ccccc3)c3nc4c5c(O)cccc5c5cccc6c5n4c3C(C)(C)C6(C)C)cn21.[Pt]. The molecule has 0 unspecified atom stereocenters. The Balaban J connectivity index is 0.00000384. The molecule has 0 saturated heterocycles. The van der Waals surface area contributed by atoms with Gasteiger partial charge in [0.05, 0.1) is 16.6 Å². The molecule has 0 atom stereocenters. The Morgan fingerprint density at radius 1 is 0.778 bits per heavy atom. The van der Waals surface area contributed by atoms with Gasteiger partial charge in [-0.2, -0.15) is 0 Å². The van der Waals surface area contributed by atoms with E-state index in [2.05, 4.69) is 158 Å². The maximum atomic E-state index is 11.5. The Morgan fingerprint density at radius 3 is 2.24 bits per heavy atom. The zero-order chi connectivity index (χ0) is 36.6. The number of pyridine rings is 1. The van der Waals surface area contributed by atoms with Gasteiger partial charge in [-0.1, -0.05) is 117 Å². The topological polar surface area (TPSA) is 61.8 Å². The Kier molecular flexibility index (Phi) is 7.55. The van der Waals surface area contributed by atoms with Crippen LogP contribution < -0.4 is 15.2 Å². The van der Waals surface area contributed by atoms with Crippen LogP contribution in [0.15, 0.2) is 109 Å². The molecule has 54 heavy (non-hydrogen) atoms. The van der Waals surface area contributed by atoms with Crippen LogP contribution >= 0.6 is 0 Å². The van der Waals surface area contributed by atoms with Gasteiger partial charge in [-0.05, 0) is 55.5 Å². The third kappa shape index (κ3) is 4.40. The molecule has 2 aliphatic heterocycles. The van der Waals surface area contributed by atoms with E-state index in [1.54, 1.807) is 6.07 Å². The molecule has 270 valence electrons. The van der Waals surface area contributed by atoms with Gasteiger partial charge in [0.25, 0.3) is 0 Å². The molecule has 2 aliphatic rings. The average Bonchev–Trinajstić information content (AvgIpc) is 3.76. The summed E-state index contributed by atoms with van der Waals surface area (Å²) in [5.41, 5.74) is 10.3. The third-order valence-corrected chi connectivity index (χ3v) is 12.5. The number of para-hydroxylation sites is 2. The van der Waals surface area contributed by atoms with Crippen molar-refractivity contribution >= 4 is 62.8 Å². The number of imidazole rings is 2. The van der Waals surface area contributed by atoms with E-state index < -0.39 is 5.41 Å². The fraction of sp³-hybridized carbons (Fsp3) is 0.200. The summed E-state index contributed by atoms with van der Waals surface area (Å²) in [6, 6.07) is 39.1. The van der Waals surface area contributed by atoms with Gasteiger partial charge >= 0.3 is 6.98 Å². The summed E-state index contributed by atoms with van der Waals surface area (Å²) in [5.74, 6) is 2.63. The van der Waals surface area contributed by atoms with Crippen LogP contribution in [0.5, 0.6) is 5.75 Å². The van der Waals surface area contributed by atoms with Crippen LogP contribution in [0.1, 0.15) is 50.1 Å². The summed E-state index contributed by atoms with van der Waals surface area (Å²) in [7, 11) is 2.16. The van der Waals surface area contributed by atoms with Gasteiger partial charge < -0.3 is 14.4 Å². The van der Waals surface area contributed by atoms with Crippen LogP contribution in [0.2, 0.25) is 0 Å². The molecule has 3 aromatic heterocycles. The number of rotatable bonds is 4. The molecule has 0 fully saturated rings. The Hall–Kier alpha value is -5.33. The normalized spacial score (nSPS) is 15.1. The Morgan fingerprint density at radius 2 is 1.48 bits per heavy atom. The molecule has 10 rings (SSSR count). The first kappa shape index (κ1) is 34.4. The van der Waals surface area contributed by atoms with Gasteiger partial charge in [-0.3, -0.25) is 14.3 Å². The molecule has 0 bridgehead atoms. The number of nitrogens with zero attached hydrogens (tertiary/aromatic N) is 6. The molecule has 0 amide bonds. The fourth-order valence-corrected chi connectivity index (χ4v) is 9.23. The predicted octanol–water partition coefficient (Wildman–Crippen LogP) is 9.36. The second-order valence-electron chi connectivity index (χ2n) is 15.8. The predicted molar refractivity (Wildman–Crippen MR) is 218 cm³/mol. The quantitative estimate of drug-likeness (QED) is 0.109. The van der Waals surface area contributed by atoms with Crippen molar-refractivity contribution in [1.82, 2.24) is 18.8 Å². The minimum absolute atomic E-state index is 0. The van der Waals surface area contributed by atoms with Crippen molar-refractivity contribution < 1.29 is 26.2 Å². The molecular formula is C45H40BN6OPt-. The maximum absolute atomic E-state index is 11.5. The molecule has 8 aromatic rings. The third-order valence-electron chi connectivity index (χ3n) is 12.5.